The summed E-state index contributed by atoms with van der Waals surface area (Å²) in [5.74, 6) is -2.96. The van der Waals surface area contributed by atoms with Crippen molar-refractivity contribution in [2.75, 3.05) is 54.9 Å². The van der Waals surface area contributed by atoms with Crippen LogP contribution in [0.3, 0.4) is 0 Å². The average Bonchev–Trinajstić information content (AvgIpc) is 3.45. The number of hydrogen-bond donors (Lipinski definition) is 2. The molecule has 2 aromatic heterocycles. The quantitative estimate of drug-likeness (QED) is 0.398. The zero-order valence-corrected chi connectivity index (χ0v) is 23.6. The molecule has 1 fully saturated rings. The smallest absolute Gasteiger partial charge is 0.264 e. The molecule has 0 radical (unpaired) electrons. The number of nitrogens with zero attached hydrogens (tertiary/aromatic N) is 5. The number of pyridine rings is 1. The number of piperazine rings is 1. The molecule has 0 bridgehead atoms. The van der Waals surface area contributed by atoms with Gasteiger partial charge in [0, 0.05) is 62.7 Å². The number of carbonyl (C=O) groups is 1. The summed E-state index contributed by atoms with van der Waals surface area (Å²) in [6.45, 7) is 3.98. The van der Waals surface area contributed by atoms with E-state index in [9.17, 15) is 18.4 Å². The SMILES string of the molecule is CC1CN(c2cc(F)c(C3=CCCN(c4ncc(C#N)s4)C3)c(F)c2NC(=O)c2c[nH]c(=O)cc2C(F)F)CCN1C. The van der Waals surface area contributed by atoms with Gasteiger partial charge in [-0.15, -0.1) is 0 Å². The number of benzene rings is 1. The number of anilines is 3. The van der Waals surface area contributed by atoms with E-state index in [0.717, 1.165) is 12.3 Å². The van der Waals surface area contributed by atoms with Crippen LogP contribution in [-0.2, 0) is 0 Å². The number of amides is 1. The van der Waals surface area contributed by atoms with E-state index in [2.05, 4.69) is 20.2 Å². The number of rotatable bonds is 6. The Morgan fingerprint density at radius 1 is 1.24 bits per heavy atom. The van der Waals surface area contributed by atoms with Gasteiger partial charge in [0.25, 0.3) is 12.3 Å². The third-order valence-electron chi connectivity index (χ3n) is 7.52. The third-order valence-corrected chi connectivity index (χ3v) is 8.48. The Morgan fingerprint density at radius 3 is 2.71 bits per heavy atom. The summed E-state index contributed by atoms with van der Waals surface area (Å²) in [6.07, 6.45) is 1.30. The van der Waals surface area contributed by atoms with E-state index < -0.39 is 40.7 Å². The highest BCUT2D eigenvalue weighted by Gasteiger charge is 2.31. The first-order chi connectivity index (χ1) is 20.1. The van der Waals surface area contributed by atoms with E-state index in [1.165, 1.54) is 17.5 Å². The molecule has 2 aliphatic heterocycles. The van der Waals surface area contributed by atoms with Crippen LogP contribution in [0, 0.1) is 23.0 Å². The lowest BCUT2D eigenvalue weighted by Gasteiger charge is -2.40. The molecule has 0 spiro atoms. The fourth-order valence-corrected chi connectivity index (χ4v) is 5.87. The van der Waals surface area contributed by atoms with Crippen LogP contribution in [0.25, 0.3) is 5.57 Å². The lowest BCUT2D eigenvalue weighted by Crippen LogP contribution is -2.50. The Kier molecular flexibility index (Phi) is 8.33. The van der Waals surface area contributed by atoms with Gasteiger partial charge in [0.2, 0.25) is 5.56 Å². The second-order valence-electron chi connectivity index (χ2n) is 10.2. The van der Waals surface area contributed by atoms with Gasteiger partial charge in [0.05, 0.1) is 23.0 Å². The van der Waals surface area contributed by atoms with Crippen molar-refractivity contribution in [1.82, 2.24) is 14.9 Å². The van der Waals surface area contributed by atoms with Gasteiger partial charge in [-0.25, -0.2) is 22.5 Å². The first-order valence-electron chi connectivity index (χ1n) is 13.2. The zero-order valence-electron chi connectivity index (χ0n) is 22.8. The van der Waals surface area contributed by atoms with Crippen LogP contribution >= 0.6 is 11.3 Å². The normalized spacial score (nSPS) is 17.8. The van der Waals surface area contributed by atoms with Crippen LogP contribution in [0.15, 0.2) is 35.4 Å². The molecule has 5 rings (SSSR count). The van der Waals surface area contributed by atoms with Crippen LogP contribution in [0.4, 0.5) is 34.1 Å². The minimum atomic E-state index is -3.13. The van der Waals surface area contributed by atoms with Crippen LogP contribution in [0.2, 0.25) is 0 Å². The van der Waals surface area contributed by atoms with Crippen molar-refractivity contribution >= 4 is 39.3 Å². The summed E-state index contributed by atoms with van der Waals surface area (Å²) in [7, 11) is 1.93. The fraction of sp³-hybridized carbons (Fsp3) is 0.357. The third kappa shape index (κ3) is 5.75. The first kappa shape index (κ1) is 29.3. The van der Waals surface area contributed by atoms with Crippen molar-refractivity contribution < 1.29 is 22.4 Å². The van der Waals surface area contributed by atoms with Gasteiger partial charge in [-0.05, 0) is 26.0 Å². The van der Waals surface area contributed by atoms with E-state index in [4.69, 9.17) is 5.26 Å². The molecule has 14 heteroatoms. The molecule has 1 aromatic carbocycles. The minimum absolute atomic E-state index is 0.0314. The number of nitrogens with one attached hydrogen (secondary N) is 2. The topological polar surface area (TPSA) is 108 Å². The van der Waals surface area contributed by atoms with Crippen molar-refractivity contribution in [3.8, 4) is 6.07 Å². The molecule has 2 aliphatic rings. The molecule has 1 amide bonds. The Morgan fingerprint density at radius 2 is 2.02 bits per heavy atom. The van der Waals surface area contributed by atoms with Gasteiger partial charge >= 0.3 is 0 Å². The molecule has 4 heterocycles. The van der Waals surface area contributed by atoms with Crippen LogP contribution in [0.5, 0.6) is 0 Å². The molecule has 1 saturated heterocycles. The van der Waals surface area contributed by atoms with Gasteiger partial charge in [-0.2, -0.15) is 5.26 Å². The number of nitriles is 1. The number of halogens is 4. The summed E-state index contributed by atoms with van der Waals surface area (Å²) < 4.78 is 59.7. The Bertz CT molecular complexity index is 1650. The second kappa shape index (κ2) is 11.9. The molecule has 0 aliphatic carbocycles. The number of likely N-dealkylation sites (N-methyl/N-ethyl adjacent to an activating group) is 1. The Hall–Kier alpha value is -4.22. The summed E-state index contributed by atoms with van der Waals surface area (Å²) in [5.41, 5.74) is -2.47. The zero-order chi connectivity index (χ0) is 30.1. The summed E-state index contributed by atoms with van der Waals surface area (Å²) in [5, 5.41) is 12.1. The van der Waals surface area contributed by atoms with Crippen molar-refractivity contribution in [2.24, 2.45) is 0 Å². The largest absolute Gasteiger partial charge is 0.367 e. The lowest BCUT2D eigenvalue weighted by atomic mass is 9.97. The van der Waals surface area contributed by atoms with Crippen molar-refractivity contribution in [2.45, 2.75) is 25.8 Å². The predicted octanol–water partition coefficient (Wildman–Crippen LogP) is 4.61. The number of carbonyl (C=O) groups excluding carboxylic acids is 1. The number of aromatic amines is 1. The fourth-order valence-electron chi connectivity index (χ4n) is 5.13. The van der Waals surface area contributed by atoms with Crippen molar-refractivity contribution in [3.05, 3.63) is 74.2 Å². The minimum Gasteiger partial charge on any atom is -0.367 e. The van der Waals surface area contributed by atoms with Crippen molar-refractivity contribution in [1.29, 1.82) is 5.26 Å². The van der Waals surface area contributed by atoms with Crippen molar-refractivity contribution in [3.63, 3.8) is 0 Å². The van der Waals surface area contributed by atoms with E-state index >= 15 is 8.78 Å². The monoisotopic (exact) mass is 601 g/mol. The van der Waals surface area contributed by atoms with E-state index in [-0.39, 0.29) is 29.5 Å². The van der Waals surface area contributed by atoms with E-state index in [1.54, 1.807) is 11.0 Å². The maximum atomic E-state index is 16.5. The first-order valence-corrected chi connectivity index (χ1v) is 14.0. The molecular weight excluding hydrogens is 574 g/mol. The molecule has 0 saturated carbocycles. The molecular formula is C28H27F4N7O2S. The highest BCUT2D eigenvalue weighted by atomic mass is 32.1. The average molecular weight is 602 g/mol. The molecule has 1 atom stereocenters. The second-order valence-corrected chi connectivity index (χ2v) is 11.2. The molecule has 220 valence electrons. The van der Waals surface area contributed by atoms with Gasteiger partial charge in [-0.3, -0.25) is 9.59 Å². The number of thiazole rings is 1. The number of H-pyrrole nitrogens is 1. The highest BCUT2D eigenvalue weighted by molar-refractivity contribution is 7.16. The lowest BCUT2D eigenvalue weighted by molar-refractivity contribution is 0.101. The summed E-state index contributed by atoms with van der Waals surface area (Å²) in [4.78, 5) is 37.4. The summed E-state index contributed by atoms with van der Waals surface area (Å²) >= 11 is 1.17. The number of hydrogen-bond acceptors (Lipinski definition) is 8. The van der Waals surface area contributed by atoms with Gasteiger partial charge in [-0.1, -0.05) is 17.4 Å². The summed E-state index contributed by atoms with van der Waals surface area (Å²) in [6, 6.07) is 3.83. The van der Waals surface area contributed by atoms with Crippen LogP contribution in [-0.4, -0.2) is 66.6 Å². The maximum absolute atomic E-state index is 16.5. The van der Waals surface area contributed by atoms with Gasteiger partial charge < -0.3 is 25.0 Å². The highest BCUT2D eigenvalue weighted by Crippen LogP contribution is 2.39. The van der Waals surface area contributed by atoms with E-state index in [1.807, 2.05) is 24.9 Å². The maximum Gasteiger partial charge on any atom is 0.264 e. The van der Waals surface area contributed by atoms with Gasteiger partial charge in [0.1, 0.15) is 22.5 Å². The molecule has 9 nitrogen and oxygen atoms in total. The Balaban J connectivity index is 1.57. The van der Waals surface area contributed by atoms with E-state index in [0.29, 0.717) is 54.2 Å². The van der Waals surface area contributed by atoms with Gasteiger partial charge in [0.15, 0.2) is 10.9 Å². The number of alkyl halides is 2. The molecule has 2 N–H and O–H groups in total. The molecule has 3 aromatic rings. The molecule has 42 heavy (non-hydrogen) atoms. The predicted molar refractivity (Wildman–Crippen MR) is 152 cm³/mol. The standard InChI is InChI=1S/C28H27F4N7O2S/c1-15-13-38(7-6-37(15)2)21-9-20(29)23(16-4-3-5-39(14-16)28-35-11-17(10-33)42-28)24(30)25(21)36-27(41)19-12-34-22(40)8-18(19)26(31)32/h4,8-9,11-12,15,26H,3,5-7,13-14H2,1-2H3,(H,34,40)(H,36,41). The molecule has 1 unspecified atom stereocenters. The Labute approximate surface area is 242 Å². The number of aromatic nitrogens is 2. The van der Waals surface area contributed by atoms with Crippen LogP contribution in [0.1, 0.15) is 46.1 Å². The van der Waals surface area contributed by atoms with Crippen LogP contribution < -0.4 is 20.7 Å².